The van der Waals surface area contributed by atoms with Crippen LogP contribution in [-0.2, 0) is 12.8 Å². The maximum atomic E-state index is 4.59. The number of fused-ring (bicyclic) bond motifs is 3. The Kier molecular flexibility index (Phi) is 1.59. The highest BCUT2D eigenvalue weighted by atomic mass is 14.9. The minimum Gasteiger partial charge on any atom is -0.311 e. The van der Waals surface area contributed by atoms with Gasteiger partial charge >= 0.3 is 0 Å². The zero-order valence-electron chi connectivity index (χ0n) is 10.4. The second-order valence-corrected chi connectivity index (χ2v) is 5.24. The van der Waals surface area contributed by atoms with Gasteiger partial charge in [0.05, 0.1) is 16.7 Å². The highest BCUT2D eigenvalue weighted by Gasteiger charge is 2.18. The summed E-state index contributed by atoms with van der Waals surface area (Å²) in [5, 5.41) is 3.99. The Balaban J connectivity index is 2.27. The van der Waals surface area contributed by atoms with Gasteiger partial charge in [0.2, 0.25) is 0 Å². The van der Waals surface area contributed by atoms with Crippen molar-refractivity contribution < 1.29 is 0 Å². The van der Waals surface area contributed by atoms with Gasteiger partial charge in [-0.3, -0.25) is 4.98 Å². The fourth-order valence-electron chi connectivity index (χ4n) is 3.48. The number of aromatic nitrogens is 2. The van der Waals surface area contributed by atoms with E-state index >= 15 is 0 Å². The molecule has 3 aromatic heterocycles. The lowest BCUT2D eigenvalue weighted by molar-refractivity contribution is 0.845. The molecule has 0 N–H and O–H groups in total. The molecule has 1 aliphatic rings. The van der Waals surface area contributed by atoms with E-state index in [0.717, 1.165) is 12.8 Å². The van der Waals surface area contributed by atoms with Crippen molar-refractivity contribution in [3.05, 3.63) is 60.0 Å². The van der Waals surface area contributed by atoms with Crippen molar-refractivity contribution in [2.45, 2.75) is 12.8 Å². The summed E-state index contributed by atoms with van der Waals surface area (Å²) >= 11 is 0. The standard InChI is InChI=1S/C17H12N2/c1-2-4-13-12(3-1)14-9-10-18-15-7-5-11-6-8-16(13)19(11)17(14)15/h1-4,6,8-10H,5,7H2. The third-order valence-corrected chi connectivity index (χ3v) is 4.30. The summed E-state index contributed by atoms with van der Waals surface area (Å²) in [5.74, 6) is 0. The normalized spacial score (nSPS) is 13.9. The molecule has 0 amide bonds. The highest BCUT2D eigenvalue weighted by molar-refractivity contribution is 6.13. The first-order chi connectivity index (χ1) is 9.43. The third kappa shape index (κ3) is 1.05. The van der Waals surface area contributed by atoms with Gasteiger partial charge in [0.15, 0.2) is 0 Å². The molecule has 2 heteroatoms. The lowest BCUT2D eigenvalue weighted by Gasteiger charge is -2.18. The van der Waals surface area contributed by atoms with E-state index in [9.17, 15) is 0 Å². The number of hydrogen-bond acceptors (Lipinski definition) is 1. The van der Waals surface area contributed by atoms with Crippen LogP contribution in [0.1, 0.15) is 11.4 Å². The van der Waals surface area contributed by atoms with Gasteiger partial charge in [0.1, 0.15) is 0 Å². The number of nitrogens with zero attached hydrogens (tertiary/aromatic N) is 2. The Morgan fingerprint density at radius 1 is 0.842 bits per heavy atom. The molecular formula is C17H12N2. The Bertz CT molecular complexity index is 963. The van der Waals surface area contributed by atoms with E-state index in [1.807, 2.05) is 6.20 Å². The van der Waals surface area contributed by atoms with Crippen molar-refractivity contribution in [2.75, 3.05) is 0 Å². The van der Waals surface area contributed by atoms with Crippen LogP contribution in [-0.4, -0.2) is 9.38 Å². The Morgan fingerprint density at radius 3 is 2.68 bits per heavy atom. The van der Waals surface area contributed by atoms with Crippen LogP contribution in [0.5, 0.6) is 0 Å². The van der Waals surface area contributed by atoms with Gasteiger partial charge in [0, 0.05) is 22.7 Å². The van der Waals surface area contributed by atoms with Crippen LogP contribution in [0.4, 0.5) is 0 Å². The molecule has 0 unspecified atom stereocenters. The molecule has 0 saturated carbocycles. The molecule has 0 radical (unpaired) electrons. The zero-order valence-corrected chi connectivity index (χ0v) is 10.4. The maximum Gasteiger partial charge on any atom is 0.0753 e. The molecule has 0 atom stereocenters. The number of benzene rings is 1. The molecule has 1 aliphatic heterocycles. The fraction of sp³-hybridized carbons (Fsp3) is 0.118. The van der Waals surface area contributed by atoms with Crippen LogP contribution in [0.2, 0.25) is 0 Å². The van der Waals surface area contributed by atoms with Gasteiger partial charge in [-0.05, 0) is 36.4 Å². The zero-order chi connectivity index (χ0) is 12.4. The van der Waals surface area contributed by atoms with Crippen LogP contribution in [0.25, 0.3) is 27.2 Å². The SMILES string of the molecule is c1ccc2c(c1)c1ccnc3c1n1c(ccc21)CC3. The second kappa shape index (κ2) is 3.15. The summed E-state index contributed by atoms with van der Waals surface area (Å²) in [6.07, 6.45) is 4.09. The third-order valence-electron chi connectivity index (χ3n) is 4.30. The van der Waals surface area contributed by atoms with Gasteiger partial charge < -0.3 is 4.40 Å². The predicted octanol–water partition coefficient (Wildman–Crippen LogP) is 3.74. The maximum absolute atomic E-state index is 4.59. The van der Waals surface area contributed by atoms with E-state index in [1.54, 1.807) is 0 Å². The smallest absolute Gasteiger partial charge is 0.0753 e. The lowest BCUT2D eigenvalue weighted by Crippen LogP contribution is -2.08. The van der Waals surface area contributed by atoms with E-state index in [4.69, 9.17) is 0 Å². The molecule has 5 rings (SSSR count). The van der Waals surface area contributed by atoms with Crippen molar-refractivity contribution in [3.63, 3.8) is 0 Å². The average molecular weight is 244 g/mol. The predicted molar refractivity (Wildman–Crippen MR) is 77.6 cm³/mol. The summed E-state index contributed by atoms with van der Waals surface area (Å²) < 4.78 is 2.41. The summed E-state index contributed by atoms with van der Waals surface area (Å²) in [4.78, 5) is 4.59. The van der Waals surface area contributed by atoms with Crippen LogP contribution < -0.4 is 0 Å². The fourth-order valence-corrected chi connectivity index (χ4v) is 3.48. The van der Waals surface area contributed by atoms with E-state index < -0.39 is 0 Å². The molecule has 0 spiro atoms. The average Bonchev–Trinajstić information content (AvgIpc) is 2.91. The minimum atomic E-state index is 1.05. The highest BCUT2D eigenvalue weighted by Crippen LogP contribution is 2.34. The first-order valence-electron chi connectivity index (χ1n) is 6.72. The number of rotatable bonds is 0. The largest absolute Gasteiger partial charge is 0.311 e. The van der Waals surface area contributed by atoms with E-state index in [2.05, 4.69) is 51.8 Å². The molecular weight excluding hydrogens is 232 g/mol. The number of hydrogen-bond donors (Lipinski definition) is 0. The molecule has 0 aliphatic carbocycles. The molecule has 90 valence electrons. The van der Waals surface area contributed by atoms with Crippen molar-refractivity contribution in [1.82, 2.24) is 9.38 Å². The second-order valence-electron chi connectivity index (χ2n) is 5.24. The van der Waals surface area contributed by atoms with Crippen LogP contribution in [0, 0.1) is 0 Å². The number of aryl methyl sites for hydroxylation is 2. The summed E-state index contributed by atoms with van der Waals surface area (Å²) in [5.41, 5.74) is 5.26. The first-order valence-corrected chi connectivity index (χ1v) is 6.72. The monoisotopic (exact) mass is 244 g/mol. The van der Waals surface area contributed by atoms with Crippen molar-refractivity contribution >= 4 is 27.2 Å². The molecule has 1 aromatic carbocycles. The van der Waals surface area contributed by atoms with E-state index in [1.165, 1.54) is 38.6 Å². The van der Waals surface area contributed by atoms with Gasteiger partial charge in [-0.2, -0.15) is 0 Å². The molecule has 0 saturated heterocycles. The summed E-state index contributed by atoms with van der Waals surface area (Å²) in [7, 11) is 0. The number of pyridine rings is 2. The summed E-state index contributed by atoms with van der Waals surface area (Å²) in [6, 6.07) is 15.3. The van der Waals surface area contributed by atoms with Gasteiger partial charge in [-0.15, -0.1) is 0 Å². The first kappa shape index (κ1) is 9.56. The van der Waals surface area contributed by atoms with Crippen LogP contribution >= 0.6 is 0 Å². The van der Waals surface area contributed by atoms with Crippen molar-refractivity contribution in [2.24, 2.45) is 0 Å². The molecule has 2 nitrogen and oxygen atoms in total. The lowest BCUT2D eigenvalue weighted by atomic mass is 10.0. The minimum absolute atomic E-state index is 1.05. The van der Waals surface area contributed by atoms with Crippen molar-refractivity contribution in [3.8, 4) is 0 Å². The van der Waals surface area contributed by atoms with E-state index in [0.29, 0.717) is 0 Å². The van der Waals surface area contributed by atoms with Gasteiger partial charge in [-0.25, -0.2) is 0 Å². The van der Waals surface area contributed by atoms with Crippen molar-refractivity contribution in [1.29, 1.82) is 0 Å². The molecule has 0 fully saturated rings. The molecule has 4 aromatic rings. The Labute approximate surface area is 110 Å². The summed E-state index contributed by atoms with van der Waals surface area (Å²) in [6.45, 7) is 0. The van der Waals surface area contributed by atoms with Gasteiger partial charge in [0.25, 0.3) is 0 Å². The van der Waals surface area contributed by atoms with E-state index in [-0.39, 0.29) is 0 Å². The van der Waals surface area contributed by atoms with Crippen LogP contribution in [0.15, 0.2) is 48.7 Å². The Hall–Kier alpha value is -2.35. The Morgan fingerprint density at radius 2 is 1.74 bits per heavy atom. The quantitative estimate of drug-likeness (QED) is 0.431. The molecule has 19 heavy (non-hydrogen) atoms. The van der Waals surface area contributed by atoms with Gasteiger partial charge in [-0.1, -0.05) is 24.3 Å². The van der Waals surface area contributed by atoms with Crippen LogP contribution in [0.3, 0.4) is 0 Å². The molecule has 0 bridgehead atoms. The topological polar surface area (TPSA) is 17.3 Å². The molecule has 4 heterocycles.